The smallest absolute Gasteiger partial charge is 0.283 e. The molecule has 2 aliphatic heterocycles. The van der Waals surface area contributed by atoms with E-state index in [0.29, 0.717) is 21.7 Å². The number of halogens is 2. The standard InChI is InChI=1S/C56H44Cl2N4O4S4/c1-37-21-25-41(26-22-37)53-51(39-13-5-3-6-14-39)55(59-69(63,64)45-33-29-43(57)30-34-45)61(53)47-17-9-11-19-49(47)67-68-50-20-12-10-18-48(50)62-54(42-27-23-38(2)24-28-42)52(40-15-7-4-8-16-40)56(62)60-70(65,66)46-35-31-44(58)32-36-46/h3-36,51-54H,1-2H3/b59-55-,60-56-. The Labute approximate surface area is 427 Å². The van der Waals surface area contributed by atoms with Crippen LogP contribution in [0.1, 0.15) is 57.3 Å². The largest absolute Gasteiger partial charge is 0.319 e. The second-order valence-corrected chi connectivity index (χ2v) is 23.4. The van der Waals surface area contributed by atoms with E-state index in [9.17, 15) is 16.8 Å². The minimum atomic E-state index is -4.19. The van der Waals surface area contributed by atoms with E-state index in [4.69, 9.17) is 23.2 Å². The lowest BCUT2D eigenvalue weighted by Crippen LogP contribution is -2.54. The minimum Gasteiger partial charge on any atom is -0.319 e. The van der Waals surface area contributed by atoms with Crippen LogP contribution in [0.15, 0.2) is 235 Å². The Balaban J connectivity index is 1.07. The molecule has 14 heteroatoms. The van der Waals surface area contributed by atoms with Crippen molar-refractivity contribution in [2.45, 2.75) is 57.3 Å². The number of sulfonamides is 2. The van der Waals surface area contributed by atoms with Gasteiger partial charge in [0, 0.05) is 19.8 Å². The highest BCUT2D eigenvalue weighted by molar-refractivity contribution is 8.76. The molecular weight excluding hydrogens is 992 g/mol. The minimum absolute atomic E-state index is 0.0399. The molecule has 0 radical (unpaired) electrons. The normalized spacial score (nSPS) is 19.2. The molecule has 70 heavy (non-hydrogen) atoms. The molecule has 10 rings (SSSR count). The van der Waals surface area contributed by atoms with E-state index in [2.05, 4.69) is 57.3 Å². The van der Waals surface area contributed by atoms with Crippen LogP contribution >= 0.6 is 44.8 Å². The van der Waals surface area contributed by atoms with E-state index in [0.717, 1.165) is 54.5 Å². The van der Waals surface area contributed by atoms with Gasteiger partial charge in [-0.3, -0.25) is 0 Å². The summed E-state index contributed by atoms with van der Waals surface area (Å²) in [5, 5.41) is 0.844. The van der Waals surface area contributed by atoms with Gasteiger partial charge in [-0.05, 0) is 109 Å². The summed E-state index contributed by atoms with van der Waals surface area (Å²) in [5.41, 5.74) is 7.66. The first-order valence-electron chi connectivity index (χ1n) is 22.4. The zero-order chi connectivity index (χ0) is 48.6. The lowest BCUT2D eigenvalue weighted by atomic mass is 9.77. The van der Waals surface area contributed by atoms with Crippen LogP contribution in [-0.2, 0) is 20.0 Å². The molecule has 4 unspecified atom stereocenters. The number of rotatable bonds is 13. The predicted molar refractivity (Wildman–Crippen MR) is 288 cm³/mol. The topological polar surface area (TPSA) is 99.5 Å². The van der Waals surface area contributed by atoms with Gasteiger partial charge in [-0.1, -0.05) is 189 Å². The molecule has 8 nitrogen and oxygen atoms in total. The average Bonchev–Trinajstić information content (AvgIpc) is 3.36. The van der Waals surface area contributed by atoms with Crippen molar-refractivity contribution in [3.05, 3.63) is 250 Å². The highest BCUT2D eigenvalue weighted by Crippen LogP contribution is 2.56. The Morgan fingerprint density at radius 1 is 0.400 bits per heavy atom. The fourth-order valence-corrected chi connectivity index (χ4v) is 13.7. The first kappa shape index (κ1) is 47.6. The summed E-state index contributed by atoms with van der Waals surface area (Å²) >= 11 is 12.4. The predicted octanol–water partition coefficient (Wildman–Crippen LogP) is 14.7. The number of amidine groups is 2. The zero-order valence-corrected chi connectivity index (χ0v) is 42.5. The molecule has 0 spiro atoms. The monoisotopic (exact) mass is 1030 g/mol. The van der Waals surface area contributed by atoms with Crippen LogP contribution in [-0.4, -0.2) is 28.5 Å². The Morgan fingerprint density at radius 2 is 0.729 bits per heavy atom. The van der Waals surface area contributed by atoms with Crippen molar-refractivity contribution in [1.29, 1.82) is 0 Å². The van der Waals surface area contributed by atoms with Gasteiger partial charge in [-0.25, -0.2) is 0 Å². The molecule has 0 N–H and O–H groups in total. The molecule has 0 amide bonds. The summed E-state index contributed by atoms with van der Waals surface area (Å²) in [5.74, 6) is -0.0216. The number of anilines is 2. The summed E-state index contributed by atoms with van der Waals surface area (Å²) in [4.78, 5) is 5.90. The van der Waals surface area contributed by atoms with Gasteiger partial charge < -0.3 is 9.80 Å². The van der Waals surface area contributed by atoms with Crippen LogP contribution in [0.25, 0.3) is 0 Å². The Morgan fingerprint density at radius 3 is 1.09 bits per heavy atom. The molecule has 4 atom stereocenters. The lowest BCUT2D eigenvalue weighted by molar-refractivity contribution is 0.563. The molecular formula is C56H44Cl2N4O4S4. The van der Waals surface area contributed by atoms with E-state index in [1.165, 1.54) is 45.9 Å². The molecule has 2 heterocycles. The fraction of sp³-hybridized carbons (Fsp3) is 0.107. The quantitative estimate of drug-likeness (QED) is 0.105. The Kier molecular flexibility index (Phi) is 13.5. The molecule has 0 saturated carbocycles. The molecule has 0 aromatic heterocycles. The van der Waals surface area contributed by atoms with Crippen LogP contribution < -0.4 is 9.80 Å². The summed E-state index contributed by atoms with van der Waals surface area (Å²) < 4.78 is 66.4. The van der Waals surface area contributed by atoms with Crippen molar-refractivity contribution in [2.24, 2.45) is 8.80 Å². The molecule has 2 fully saturated rings. The van der Waals surface area contributed by atoms with Gasteiger partial charge in [-0.15, -0.1) is 8.80 Å². The molecule has 2 saturated heterocycles. The van der Waals surface area contributed by atoms with Crippen LogP contribution in [0, 0.1) is 13.8 Å². The van der Waals surface area contributed by atoms with Crippen LogP contribution in [0.3, 0.4) is 0 Å². The molecule has 8 aromatic rings. The van der Waals surface area contributed by atoms with Crippen molar-refractivity contribution in [3.8, 4) is 0 Å². The van der Waals surface area contributed by atoms with Crippen LogP contribution in [0.4, 0.5) is 11.4 Å². The molecule has 0 bridgehead atoms. The number of hydrogen-bond donors (Lipinski definition) is 0. The summed E-state index contributed by atoms with van der Waals surface area (Å²) in [6.07, 6.45) is 0. The van der Waals surface area contributed by atoms with Gasteiger partial charge in [-0.2, -0.15) is 16.8 Å². The highest BCUT2D eigenvalue weighted by Gasteiger charge is 2.51. The van der Waals surface area contributed by atoms with E-state index < -0.39 is 31.9 Å². The maximum absolute atomic E-state index is 14.3. The SMILES string of the molecule is Cc1ccc(C2C(c3ccccc3)/C(=N/S(=O)(=O)c3ccc(Cl)cc3)N2c2ccccc2SSc2ccccc2N2/C(=N\S(=O)(=O)c3ccc(Cl)cc3)C(c3ccccc3)C2c2ccc(C)cc2)cc1. The first-order valence-corrected chi connectivity index (χ1v) is 28.2. The van der Waals surface area contributed by atoms with Gasteiger partial charge in [0.15, 0.2) is 0 Å². The van der Waals surface area contributed by atoms with Gasteiger partial charge in [0.1, 0.15) is 11.7 Å². The van der Waals surface area contributed by atoms with Crippen molar-refractivity contribution in [3.63, 3.8) is 0 Å². The van der Waals surface area contributed by atoms with Crippen molar-refractivity contribution in [2.75, 3.05) is 9.80 Å². The third-order valence-electron chi connectivity index (χ3n) is 12.5. The fourth-order valence-electron chi connectivity index (χ4n) is 9.05. The summed E-state index contributed by atoms with van der Waals surface area (Å²) in [7, 11) is -5.34. The Bertz CT molecular complexity index is 3240. The average molecular weight is 1040 g/mol. The van der Waals surface area contributed by atoms with Gasteiger partial charge in [0.2, 0.25) is 0 Å². The molecule has 350 valence electrons. The third kappa shape index (κ3) is 9.56. The van der Waals surface area contributed by atoms with E-state index in [1.807, 2.05) is 133 Å². The van der Waals surface area contributed by atoms with Gasteiger partial charge in [0.05, 0.1) is 45.1 Å². The zero-order valence-electron chi connectivity index (χ0n) is 37.8. The number of benzene rings is 8. The second-order valence-electron chi connectivity index (χ2n) is 17.1. The van der Waals surface area contributed by atoms with Crippen molar-refractivity contribution < 1.29 is 16.8 Å². The van der Waals surface area contributed by atoms with Crippen LogP contribution in [0.2, 0.25) is 10.0 Å². The highest BCUT2D eigenvalue weighted by atomic mass is 35.5. The number of aryl methyl sites for hydroxylation is 2. The number of nitrogens with zero attached hydrogens (tertiary/aromatic N) is 4. The second kappa shape index (κ2) is 19.9. The first-order chi connectivity index (χ1) is 33.9. The van der Waals surface area contributed by atoms with E-state index in [-0.39, 0.29) is 21.9 Å². The molecule has 2 aliphatic rings. The molecule has 0 aliphatic carbocycles. The van der Waals surface area contributed by atoms with Crippen molar-refractivity contribution in [1.82, 2.24) is 0 Å². The van der Waals surface area contributed by atoms with Gasteiger partial charge in [0.25, 0.3) is 20.0 Å². The Hall–Kier alpha value is -6.12. The van der Waals surface area contributed by atoms with E-state index in [1.54, 1.807) is 24.3 Å². The van der Waals surface area contributed by atoms with Crippen LogP contribution in [0.5, 0.6) is 0 Å². The maximum Gasteiger partial charge on any atom is 0.283 e. The number of para-hydroxylation sites is 2. The lowest BCUT2D eigenvalue weighted by Gasteiger charge is -2.51. The molecule has 8 aromatic carbocycles. The third-order valence-corrected chi connectivity index (χ3v) is 18.1. The van der Waals surface area contributed by atoms with Gasteiger partial charge >= 0.3 is 0 Å². The van der Waals surface area contributed by atoms with E-state index >= 15 is 0 Å². The maximum atomic E-state index is 14.3. The van der Waals surface area contributed by atoms with Crippen molar-refractivity contribution >= 4 is 87.9 Å². The number of hydrogen-bond acceptors (Lipinski definition) is 6. The summed E-state index contributed by atoms with van der Waals surface area (Å²) in [6.45, 7) is 4.09. The summed E-state index contributed by atoms with van der Waals surface area (Å²) in [6, 6.07) is 63.8.